The van der Waals surface area contributed by atoms with Gasteiger partial charge in [-0.1, -0.05) is 42.1 Å². The fourth-order valence-corrected chi connectivity index (χ4v) is 4.90. The average molecular weight is 317 g/mol. The molecule has 2 unspecified atom stereocenters. The molecule has 1 heterocycles. The van der Waals surface area contributed by atoms with Crippen molar-refractivity contribution in [2.24, 2.45) is 17.4 Å². The summed E-state index contributed by atoms with van der Waals surface area (Å²) >= 11 is 1.74. The fraction of sp³-hybridized carbons (Fsp3) is 0.471. The van der Waals surface area contributed by atoms with Crippen molar-refractivity contribution in [3.8, 4) is 0 Å². The lowest BCUT2D eigenvalue weighted by Crippen LogP contribution is -2.37. The van der Waals surface area contributed by atoms with Gasteiger partial charge in [-0.25, -0.2) is 0 Å². The van der Waals surface area contributed by atoms with E-state index in [1.165, 1.54) is 16.2 Å². The van der Waals surface area contributed by atoms with Crippen molar-refractivity contribution in [3.63, 3.8) is 0 Å². The van der Waals surface area contributed by atoms with E-state index in [9.17, 15) is 4.79 Å². The van der Waals surface area contributed by atoms with Gasteiger partial charge in [0.2, 0.25) is 5.91 Å². The first-order chi connectivity index (χ1) is 10.6. The number of amides is 1. The number of hydrogen-bond donors (Lipinski definition) is 2. The third-order valence-electron chi connectivity index (χ3n) is 4.62. The van der Waals surface area contributed by atoms with Crippen molar-refractivity contribution in [3.05, 3.63) is 46.5 Å². The van der Waals surface area contributed by atoms with Gasteiger partial charge in [0, 0.05) is 17.0 Å². The van der Waals surface area contributed by atoms with E-state index in [0.29, 0.717) is 12.3 Å². The molecule has 2 aliphatic rings. The number of rotatable bonds is 4. The smallest absolute Gasteiger partial charge is 0.217 e. The number of carbonyl (C=O) groups is 1. The third kappa shape index (κ3) is 3.01. The molecule has 0 saturated carbocycles. The van der Waals surface area contributed by atoms with Crippen LogP contribution >= 0.6 is 11.8 Å². The SMILES string of the molecule is C[C@@H](c1ccccc1)N1C2=C(CC(CC(N)=O)CC2)SC1N. The minimum atomic E-state index is -0.198. The van der Waals surface area contributed by atoms with Crippen LogP contribution in [-0.2, 0) is 4.79 Å². The van der Waals surface area contributed by atoms with Crippen molar-refractivity contribution in [1.29, 1.82) is 0 Å². The van der Waals surface area contributed by atoms with Gasteiger partial charge >= 0.3 is 0 Å². The number of hydrogen-bond acceptors (Lipinski definition) is 4. The van der Waals surface area contributed by atoms with E-state index in [1.807, 2.05) is 6.07 Å². The lowest BCUT2D eigenvalue weighted by atomic mass is 9.88. The number of allylic oxidation sites excluding steroid dienone is 2. The van der Waals surface area contributed by atoms with Crippen LogP contribution in [0, 0.1) is 5.92 Å². The molecule has 1 amide bonds. The lowest BCUT2D eigenvalue weighted by Gasteiger charge is -2.34. The fourth-order valence-electron chi connectivity index (χ4n) is 3.51. The minimum Gasteiger partial charge on any atom is -0.370 e. The zero-order chi connectivity index (χ0) is 15.7. The monoisotopic (exact) mass is 317 g/mol. The molecule has 0 aromatic heterocycles. The maximum Gasteiger partial charge on any atom is 0.217 e. The van der Waals surface area contributed by atoms with Gasteiger partial charge < -0.3 is 16.4 Å². The molecule has 22 heavy (non-hydrogen) atoms. The molecule has 1 aliphatic carbocycles. The lowest BCUT2D eigenvalue weighted by molar-refractivity contribution is -0.119. The molecule has 0 fully saturated rings. The van der Waals surface area contributed by atoms with E-state index in [2.05, 4.69) is 36.1 Å². The maximum atomic E-state index is 11.1. The second-order valence-corrected chi connectivity index (χ2v) is 7.36. The zero-order valence-electron chi connectivity index (χ0n) is 12.9. The molecule has 0 spiro atoms. The van der Waals surface area contributed by atoms with Gasteiger partial charge in [0.05, 0.1) is 6.04 Å². The molecule has 5 heteroatoms. The Balaban J connectivity index is 1.79. The number of carbonyl (C=O) groups excluding carboxylic acids is 1. The molecule has 1 aromatic carbocycles. The van der Waals surface area contributed by atoms with Crippen molar-refractivity contribution in [2.75, 3.05) is 0 Å². The Hall–Kier alpha value is -1.46. The number of nitrogens with two attached hydrogens (primary N) is 2. The Morgan fingerprint density at radius 3 is 2.82 bits per heavy atom. The van der Waals surface area contributed by atoms with Gasteiger partial charge in [-0.15, -0.1) is 0 Å². The summed E-state index contributed by atoms with van der Waals surface area (Å²) in [5.74, 6) is 0.179. The first-order valence-electron chi connectivity index (χ1n) is 7.82. The molecule has 4 nitrogen and oxygen atoms in total. The van der Waals surface area contributed by atoms with Crippen LogP contribution in [0.2, 0.25) is 0 Å². The van der Waals surface area contributed by atoms with E-state index in [-0.39, 0.29) is 17.4 Å². The summed E-state index contributed by atoms with van der Waals surface area (Å²) in [5, 5.41) is 0. The van der Waals surface area contributed by atoms with Crippen molar-refractivity contribution >= 4 is 17.7 Å². The van der Waals surface area contributed by atoms with Gasteiger partial charge in [-0.2, -0.15) is 0 Å². The van der Waals surface area contributed by atoms with Crippen LogP contribution in [0.3, 0.4) is 0 Å². The topological polar surface area (TPSA) is 72.3 Å². The summed E-state index contributed by atoms with van der Waals surface area (Å²) in [6.07, 6.45) is 3.44. The second kappa shape index (κ2) is 6.34. The molecule has 118 valence electrons. The van der Waals surface area contributed by atoms with Gasteiger partial charge in [0.25, 0.3) is 0 Å². The highest BCUT2D eigenvalue weighted by atomic mass is 32.2. The minimum absolute atomic E-state index is 0.0347. The molecule has 1 aromatic rings. The van der Waals surface area contributed by atoms with Crippen molar-refractivity contribution in [2.45, 2.75) is 44.1 Å². The van der Waals surface area contributed by atoms with Crippen LogP contribution in [0.25, 0.3) is 0 Å². The van der Waals surface area contributed by atoms with E-state index in [4.69, 9.17) is 11.5 Å². The summed E-state index contributed by atoms with van der Waals surface area (Å²) in [4.78, 5) is 14.8. The Labute approximate surface area is 135 Å². The number of primary amides is 1. The molecule has 0 saturated heterocycles. The normalized spacial score (nSPS) is 26.0. The van der Waals surface area contributed by atoms with Crippen LogP contribution in [0.4, 0.5) is 0 Å². The van der Waals surface area contributed by atoms with Gasteiger partial charge in [0.15, 0.2) is 0 Å². The Kier molecular flexibility index (Phi) is 4.45. The van der Waals surface area contributed by atoms with E-state index in [1.54, 1.807) is 11.8 Å². The van der Waals surface area contributed by atoms with Crippen molar-refractivity contribution < 1.29 is 4.79 Å². The molecule has 3 atom stereocenters. The average Bonchev–Trinajstić information content (AvgIpc) is 2.82. The van der Waals surface area contributed by atoms with Crippen LogP contribution in [0.1, 0.15) is 44.2 Å². The van der Waals surface area contributed by atoms with Crippen LogP contribution < -0.4 is 11.5 Å². The first kappa shape index (κ1) is 15.4. The Bertz CT molecular complexity index is 587. The molecule has 3 rings (SSSR count). The van der Waals surface area contributed by atoms with Gasteiger partial charge in [0.1, 0.15) is 5.50 Å². The Morgan fingerprint density at radius 2 is 2.14 bits per heavy atom. The first-order valence-corrected chi connectivity index (χ1v) is 8.70. The maximum absolute atomic E-state index is 11.1. The van der Waals surface area contributed by atoms with E-state index >= 15 is 0 Å². The largest absolute Gasteiger partial charge is 0.370 e. The molecule has 0 bridgehead atoms. The predicted octanol–water partition coefficient (Wildman–Crippen LogP) is 2.93. The van der Waals surface area contributed by atoms with Gasteiger partial charge in [-0.3, -0.25) is 4.79 Å². The highest BCUT2D eigenvalue weighted by Gasteiger charge is 2.37. The number of benzene rings is 1. The van der Waals surface area contributed by atoms with Crippen LogP contribution in [0.5, 0.6) is 0 Å². The summed E-state index contributed by atoms with van der Waals surface area (Å²) in [6, 6.07) is 10.7. The highest BCUT2D eigenvalue weighted by molar-refractivity contribution is 8.03. The second-order valence-electron chi connectivity index (χ2n) is 6.15. The predicted molar refractivity (Wildman–Crippen MR) is 90.4 cm³/mol. The quantitative estimate of drug-likeness (QED) is 0.895. The summed E-state index contributed by atoms with van der Waals surface area (Å²) in [6.45, 7) is 2.21. The third-order valence-corrected chi connectivity index (χ3v) is 5.78. The Morgan fingerprint density at radius 1 is 1.41 bits per heavy atom. The van der Waals surface area contributed by atoms with Gasteiger partial charge in [-0.05, 0) is 37.7 Å². The molecular weight excluding hydrogens is 294 g/mol. The van der Waals surface area contributed by atoms with E-state index in [0.717, 1.165) is 19.3 Å². The summed E-state index contributed by atoms with van der Waals surface area (Å²) in [5.41, 5.74) is 14.3. The van der Waals surface area contributed by atoms with Crippen molar-refractivity contribution in [1.82, 2.24) is 4.90 Å². The van der Waals surface area contributed by atoms with E-state index < -0.39 is 0 Å². The summed E-state index contributed by atoms with van der Waals surface area (Å²) in [7, 11) is 0. The van der Waals surface area contributed by atoms with Crippen LogP contribution in [0.15, 0.2) is 40.9 Å². The van der Waals surface area contributed by atoms with Crippen LogP contribution in [-0.4, -0.2) is 16.3 Å². The molecule has 0 radical (unpaired) electrons. The summed E-state index contributed by atoms with van der Waals surface area (Å²) < 4.78 is 0. The molecule has 1 aliphatic heterocycles. The standard InChI is InChI=1S/C17H23N3OS/c1-11(13-5-3-2-4-6-13)20-14-8-7-12(10-16(18)21)9-15(14)22-17(20)19/h2-6,11-12,17H,7-10,19H2,1H3,(H2,18,21)/t11-,12?,17?/m0/s1. The highest BCUT2D eigenvalue weighted by Crippen LogP contribution is 2.49. The number of nitrogens with zero attached hydrogens (tertiary/aromatic N) is 1. The zero-order valence-corrected chi connectivity index (χ0v) is 13.7. The molecular formula is C17H23N3OS. The number of thioether (sulfide) groups is 1. The molecule has 4 N–H and O–H groups in total.